The van der Waals surface area contributed by atoms with Crippen molar-refractivity contribution in [3.05, 3.63) is 22.4 Å². The van der Waals surface area contributed by atoms with Crippen LogP contribution in [0.5, 0.6) is 0 Å². The van der Waals surface area contributed by atoms with E-state index in [1.54, 1.807) is 4.68 Å². The molecule has 2 heterocycles. The summed E-state index contributed by atoms with van der Waals surface area (Å²) in [6.45, 7) is 1.90. The molecule has 0 aromatic carbocycles. The molecule has 2 aromatic heterocycles. The molecule has 0 saturated carbocycles. The third-order valence-electron chi connectivity index (χ3n) is 1.99. The number of nitrogens with zero attached hydrogens (tertiary/aromatic N) is 2. The molecular weight excluding hydrogens is 246 g/mol. The van der Waals surface area contributed by atoms with Crippen LogP contribution in [0, 0.1) is 6.92 Å². The Hall–Kier alpha value is -1.23. The van der Waals surface area contributed by atoms with Crippen molar-refractivity contribution in [1.82, 2.24) is 9.78 Å². The first-order chi connectivity index (χ1) is 6.59. The molecule has 0 unspecified atom stereocenters. The highest BCUT2D eigenvalue weighted by Crippen LogP contribution is 2.32. The van der Waals surface area contributed by atoms with Crippen molar-refractivity contribution in [1.29, 1.82) is 0 Å². The molecule has 0 aliphatic heterocycles. The Bertz CT molecular complexity index is 472. The molecule has 0 fully saturated rings. The number of nitrogen functional groups attached to an aromatic ring is 1. The number of furan rings is 1. The lowest BCUT2D eigenvalue weighted by Gasteiger charge is -1.97. The van der Waals surface area contributed by atoms with Gasteiger partial charge in [0.15, 0.2) is 11.6 Å². The maximum atomic E-state index is 5.67. The van der Waals surface area contributed by atoms with Gasteiger partial charge in [0.2, 0.25) is 0 Å². The predicted octanol–water partition coefficient (Wildman–Crippen LogP) is 2.33. The molecule has 0 bridgehead atoms. The van der Waals surface area contributed by atoms with Gasteiger partial charge < -0.3 is 10.2 Å². The SMILES string of the molecule is Cc1ccc(-c2c(Br)c(N)nn2C)o1. The molecule has 0 amide bonds. The number of halogens is 1. The molecule has 14 heavy (non-hydrogen) atoms. The van der Waals surface area contributed by atoms with Gasteiger partial charge in [0, 0.05) is 7.05 Å². The molecule has 0 aliphatic carbocycles. The second-order valence-corrected chi connectivity index (χ2v) is 3.87. The normalized spacial score (nSPS) is 10.8. The fourth-order valence-electron chi connectivity index (χ4n) is 1.35. The average Bonchev–Trinajstić information content (AvgIpc) is 2.60. The third-order valence-corrected chi connectivity index (χ3v) is 2.77. The first-order valence-electron chi connectivity index (χ1n) is 4.14. The summed E-state index contributed by atoms with van der Waals surface area (Å²) in [6.07, 6.45) is 0. The van der Waals surface area contributed by atoms with Crippen LogP contribution in [0.2, 0.25) is 0 Å². The Kier molecular flexibility index (Phi) is 2.11. The summed E-state index contributed by atoms with van der Waals surface area (Å²) in [4.78, 5) is 0. The van der Waals surface area contributed by atoms with Crippen LogP contribution >= 0.6 is 15.9 Å². The topological polar surface area (TPSA) is 57.0 Å². The van der Waals surface area contributed by atoms with Crippen molar-refractivity contribution in [3.63, 3.8) is 0 Å². The summed E-state index contributed by atoms with van der Waals surface area (Å²) >= 11 is 3.38. The minimum absolute atomic E-state index is 0.469. The van der Waals surface area contributed by atoms with Gasteiger partial charge in [0.25, 0.3) is 0 Å². The zero-order chi connectivity index (χ0) is 10.3. The number of aryl methyl sites for hydroxylation is 2. The summed E-state index contributed by atoms with van der Waals surface area (Å²) in [6, 6.07) is 3.81. The van der Waals surface area contributed by atoms with Gasteiger partial charge in [-0.1, -0.05) is 0 Å². The second-order valence-electron chi connectivity index (χ2n) is 3.08. The average molecular weight is 256 g/mol. The van der Waals surface area contributed by atoms with Crippen molar-refractivity contribution in [2.24, 2.45) is 7.05 Å². The Balaban J connectivity index is 2.61. The van der Waals surface area contributed by atoms with E-state index in [0.717, 1.165) is 21.7 Å². The predicted molar refractivity (Wildman–Crippen MR) is 57.8 cm³/mol. The van der Waals surface area contributed by atoms with Crippen LogP contribution in [-0.2, 0) is 7.05 Å². The van der Waals surface area contributed by atoms with Crippen molar-refractivity contribution in [2.75, 3.05) is 5.73 Å². The van der Waals surface area contributed by atoms with Crippen LogP contribution in [0.15, 0.2) is 21.0 Å². The van der Waals surface area contributed by atoms with Crippen LogP contribution in [-0.4, -0.2) is 9.78 Å². The Labute approximate surface area is 89.8 Å². The summed E-state index contributed by atoms with van der Waals surface area (Å²) < 4.78 is 7.96. The Morgan fingerprint density at radius 1 is 1.50 bits per heavy atom. The summed E-state index contributed by atoms with van der Waals surface area (Å²) in [5.74, 6) is 2.10. The molecule has 0 radical (unpaired) electrons. The molecule has 0 aliphatic rings. The van der Waals surface area contributed by atoms with Crippen molar-refractivity contribution >= 4 is 21.7 Å². The minimum atomic E-state index is 0.469. The van der Waals surface area contributed by atoms with Gasteiger partial charge in [-0.05, 0) is 35.0 Å². The van der Waals surface area contributed by atoms with Crippen LogP contribution in [0.25, 0.3) is 11.5 Å². The summed E-state index contributed by atoms with van der Waals surface area (Å²) in [5.41, 5.74) is 6.52. The van der Waals surface area contributed by atoms with E-state index in [-0.39, 0.29) is 0 Å². The fraction of sp³-hybridized carbons (Fsp3) is 0.222. The van der Waals surface area contributed by atoms with E-state index >= 15 is 0 Å². The van der Waals surface area contributed by atoms with Gasteiger partial charge in [0.05, 0.1) is 4.47 Å². The van der Waals surface area contributed by atoms with Crippen molar-refractivity contribution in [2.45, 2.75) is 6.92 Å². The number of aromatic nitrogens is 2. The van der Waals surface area contributed by atoms with Crippen LogP contribution in [0.1, 0.15) is 5.76 Å². The number of rotatable bonds is 1. The monoisotopic (exact) mass is 255 g/mol. The first-order valence-corrected chi connectivity index (χ1v) is 4.93. The Morgan fingerprint density at radius 2 is 2.21 bits per heavy atom. The van der Waals surface area contributed by atoms with Crippen molar-refractivity contribution in [3.8, 4) is 11.5 Å². The number of anilines is 1. The lowest BCUT2D eigenvalue weighted by atomic mass is 10.3. The number of hydrogen-bond donors (Lipinski definition) is 1. The molecular formula is C9H10BrN3O. The largest absolute Gasteiger partial charge is 0.460 e. The van der Waals surface area contributed by atoms with Crippen LogP contribution in [0.4, 0.5) is 5.82 Å². The van der Waals surface area contributed by atoms with Gasteiger partial charge in [0.1, 0.15) is 11.5 Å². The quantitative estimate of drug-likeness (QED) is 0.851. The maximum Gasteiger partial charge on any atom is 0.160 e. The van der Waals surface area contributed by atoms with Crippen molar-refractivity contribution < 1.29 is 4.42 Å². The van der Waals surface area contributed by atoms with Gasteiger partial charge in [-0.2, -0.15) is 5.10 Å². The third kappa shape index (κ3) is 1.33. The molecule has 2 aromatic rings. The highest BCUT2D eigenvalue weighted by molar-refractivity contribution is 9.10. The number of hydrogen-bond acceptors (Lipinski definition) is 3. The van der Waals surface area contributed by atoms with E-state index in [2.05, 4.69) is 21.0 Å². The maximum absolute atomic E-state index is 5.67. The second kappa shape index (κ2) is 3.16. The molecule has 74 valence electrons. The zero-order valence-corrected chi connectivity index (χ0v) is 9.50. The Morgan fingerprint density at radius 3 is 2.64 bits per heavy atom. The molecule has 0 spiro atoms. The first kappa shape index (κ1) is 9.33. The van der Waals surface area contributed by atoms with E-state index < -0.39 is 0 Å². The van der Waals surface area contributed by atoms with E-state index in [4.69, 9.17) is 10.2 Å². The molecule has 4 nitrogen and oxygen atoms in total. The molecule has 5 heteroatoms. The zero-order valence-electron chi connectivity index (χ0n) is 7.91. The molecule has 2 rings (SSSR count). The molecule has 0 atom stereocenters. The standard InChI is InChI=1S/C9H10BrN3O/c1-5-3-4-6(14-5)8-7(10)9(11)12-13(8)2/h3-4H,1-2H3,(H2,11,12). The van der Waals surface area contributed by atoms with E-state index in [1.165, 1.54) is 0 Å². The fourth-order valence-corrected chi connectivity index (χ4v) is 1.88. The van der Waals surface area contributed by atoms with E-state index in [9.17, 15) is 0 Å². The smallest absolute Gasteiger partial charge is 0.160 e. The highest BCUT2D eigenvalue weighted by Gasteiger charge is 2.15. The lowest BCUT2D eigenvalue weighted by molar-refractivity contribution is 0.541. The summed E-state index contributed by atoms with van der Waals surface area (Å²) in [5, 5.41) is 4.08. The highest BCUT2D eigenvalue weighted by atomic mass is 79.9. The summed E-state index contributed by atoms with van der Waals surface area (Å²) in [7, 11) is 1.83. The van der Waals surface area contributed by atoms with E-state index in [1.807, 2.05) is 26.1 Å². The lowest BCUT2D eigenvalue weighted by Crippen LogP contribution is -1.93. The van der Waals surface area contributed by atoms with Gasteiger partial charge in [-0.25, -0.2) is 0 Å². The van der Waals surface area contributed by atoms with Crippen LogP contribution < -0.4 is 5.73 Å². The van der Waals surface area contributed by atoms with E-state index in [0.29, 0.717) is 5.82 Å². The van der Waals surface area contributed by atoms with Gasteiger partial charge in [-0.15, -0.1) is 0 Å². The molecule has 2 N–H and O–H groups in total. The molecule has 0 saturated heterocycles. The van der Waals surface area contributed by atoms with Gasteiger partial charge >= 0.3 is 0 Å². The minimum Gasteiger partial charge on any atom is -0.460 e. The number of nitrogens with two attached hydrogens (primary N) is 1. The van der Waals surface area contributed by atoms with Gasteiger partial charge in [-0.3, -0.25) is 4.68 Å². The van der Waals surface area contributed by atoms with Crippen LogP contribution in [0.3, 0.4) is 0 Å².